The number of nitrogens with one attached hydrogen (secondary N) is 1. The molecule has 3 heterocycles. The van der Waals surface area contributed by atoms with Gasteiger partial charge >= 0.3 is 0 Å². The van der Waals surface area contributed by atoms with Crippen LogP contribution in [0.2, 0.25) is 0 Å². The molecule has 2 aromatic heterocycles. The Kier molecular flexibility index (Phi) is 7.28. The first-order chi connectivity index (χ1) is 14.8. The van der Waals surface area contributed by atoms with E-state index in [2.05, 4.69) is 35.1 Å². The van der Waals surface area contributed by atoms with Gasteiger partial charge in [-0.3, -0.25) is 9.36 Å². The summed E-state index contributed by atoms with van der Waals surface area (Å²) in [4.78, 5) is 23.4. The molecule has 1 saturated heterocycles. The van der Waals surface area contributed by atoms with Crippen LogP contribution in [0.5, 0.6) is 0 Å². The second-order valence-electron chi connectivity index (χ2n) is 8.52. The fourth-order valence-corrected chi connectivity index (χ4v) is 4.11. The molecule has 0 amide bonds. The summed E-state index contributed by atoms with van der Waals surface area (Å²) in [6.45, 7) is 10.9. The molecule has 3 aromatic rings. The second kappa shape index (κ2) is 9.92. The molecule has 166 valence electrons. The van der Waals surface area contributed by atoms with Crippen LogP contribution in [0.15, 0.2) is 36.4 Å². The van der Waals surface area contributed by atoms with Crippen LogP contribution in [0, 0.1) is 11.8 Å². The van der Waals surface area contributed by atoms with Crippen LogP contribution in [0.25, 0.3) is 11.2 Å². The fourth-order valence-electron chi connectivity index (χ4n) is 4.11. The fraction of sp³-hybridized carbons (Fsp3) is 0.458. The lowest BCUT2D eigenvalue weighted by atomic mass is 9.92. The first kappa shape index (κ1) is 22.7. The molecule has 2 unspecified atom stereocenters. The van der Waals surface area contributed by atoms with Crippen molar-refractivity contribution < 1.29 is 4.79 Å². The van der Waals surface area contributed by atoms with Gasteiger partial charge in [0.1, 0.15) is 11.3 Å². The molecule has 0 radical (unpaired) electrons. The smallest absolute Gasteiger partial charge is 0.209 e. The van der Waals surface area contributed by atoms with Crippen molar-refractivity contribution in [3.05, 3.63) is 42.0 Å². The molecule has 4 rings (SSSR count). The number of Topliss-reactive ketones (excluding diaryl/α,β-unsaturated/α-hetero) is 1. The Balaban J connectivity index is 0.000000858. The Morgan fingerprint density at radius 3 is 2.29 bits per heavy atom. The molecule has 2 atom stereocenters. The number of imidazole rings is 1. The van der Waals surface area contributed by atoms with Crippen LogP contribution in [0.1, 0.15) is 44.5 Å². The highest BCUT2D eigenvalue weighted by molar-refractivity contribution is 5.94. The first-order valence-electron chi connectivity index (χ1n) is 11.0. The SMILES string of the molecule is CC(=O)c1ccc(Nc2nc3ccc(N4CC(C)CC(C)C4)nc3n2C)cc1.CCN. The number of rotatable bonds is 4. The van der Waals surface area contributed by atoms with Crippen LogP contribution >= 0.6 is 0 Å². The Labute approximate surface area is 184 Å². The number of hydrogen-bond donors (Lipinski definition) is 2. The Hall–Kier alpha value is -2.93. The summed E-state index contributed by atoms with van der Waals surface area (Å²) in [7, 11) is 1.97. The molecule has 3 N–H and O–H groups in total. The van der Waals surface area contributed by atoms with E-state index in [1.165, 1.54) is 6.42 Å². The Bertz CT molecular complexity index is 1020. The zero-order chi connectivity index (χ0) is 22.5. The first-order valence-corrected chi connectivity index (χ1v) is 11.0. The molecule has 1 aliphatic heterocycles. The quantitative estimate of drug-likeness (QED) is 0.607. The Morgan fingerprint density at radius 2 is 1.71 bits per heavy atom. The molecule has 0 spiro atoms. The molecule has 7 heteroatoms. The number of aromatic nitrogens is 3. The van der Waals surface area contributed by atoms with Crippen molar-refractivity contribution in [3.8, 4) is 0 Å². The average molecular weight is 423 g/mol. The van der Waals surface area contributed by atoms with Gasteiger partial charge < -0.3 is 16.0 Å². The number of nitrogens with two attached hydrogens (primary N) is 1. The van der Waals surface area contributed by atoms with Gasteiger partial charge in [-0.15, -0.1) is 0 Å². The molecule has 0 bridgehead atoms. The highest BCUT2D eigenvalue weighted by atomic mass is 16.1. The average Bonchev–Trinajstić information content (AvgIpc) is 3.03. The summed E-state index contributed by atoms with van der Waals surface area (Å²) in [6, 6.07) is 11.6. The summed E-state index contributed by atoms with van der Waals surface area (Å²) in [5, 5.41) is 3.33. The van der Waals surface area contributed by atoms with Crippen LogP contribution in [-0.2, 0) is 7.05 Å². The van der Waals surface area contributed by atoms with Gasteiger partial charge in [0.2, 0.25) is 5.95 Å². The third-order valence-corrected chi connectivity index (χ3v) is 5.44. The number of carbonyl (C=O) groups is 1. The van der Waals surface area contributed by atoms with Gasteiger partial charge in [0.25, 0.3) is 0 Å². The monoisotopic (exact) mass is 422 g/mol. The molecule has 1 aliphatic rings. The molecule has 1 aromatic carbocycles. The van der Waals surface area contributed by atoms with Crippen molar-refractivity contribution >= 4 is 34.4 Å². The standard InChI is InChI=1S/C22H27N5O.C2H7N/c1-14-11-15(2)13-27(12-14)20-10-9-19-21(25-20)26(4)22(24-19)23-18-7-5-17(6-8-18)16(3)28;1-2-3/h5-10,14-15H,11-13H2,1-4H3,(H,23,24);2-3H2,1H3. The molecule has 7 nitrogen and oxygen atoms in total. The highest BCUT2D eigenvalue weighted by Gasteiger charge is 2.23. The normalized spacial score (nSPS) is 18.5. The third-order valence-electron chi connectivity index (χ3n) is 5.44. The van der Waals surface area contributed by atoms with Gasteiger partial charge in [0, 0.05) is 31.4 Å². The number of pyridine rings is 1. The molecule has 1 fully saturated rings. The zero-order valence-electron chi connectivity index (χ0n) is 19.2. The van der Waals surface area contributed by atoms with E-state index in [4.69, 9.17) is 10.7 Å². The zero-order valence-corrected chi connectivity index (χ0v) is 19.2. The lowest BCUT2D eigenvalue weighted by Gasteiger charge is -2.35. The maximum Gasteiger partial charge on any atom is 0.209 e. The molecular formula is C24H34N6O. The van der Waals surface area contributed by atoms with Gasteiger partial charge in [0.05, 0.1) is 0 Å². The minimum Gasteiger partial charge on any atom is -0.356 e. The van der Waals surface area contributed by atoms with Gasteiger partial charge in [-0.25, -0.2) is 9.97 Å². The predicted molar refractivity (Wildman–Crippen MR) is 128 cm³/mol. The number of piperidine rings is 1. The van der Waals surface area contributed by atoms with Crippen molar-refractivity contribution in [3.63, 3.8) is 0 Å². The summed E-state index contributed by atoms with van der Waals surface area (Å²) < 4.78 is 1.98. The van der Waals surface area contributed by atoms with Gasteiger partial charge in [0.15, 0.2) is 11.4 Å². The lowest BCUT2D eigenvalue weighted by Crippen LogP contribution is -2.39. The minimum atomic E-state index is 0.0624. The molecule has 31 heavy (non-hydrogen) atoms. The topological polar surface area (TPSA) is 89.1 Å². The van der Waals surface area contributed by atoms with Crippen molar-refractivity contribution in [1.29, 1.82) is 0 Å². The molecule has 0 saturated carbocycles. The number of ketones is 1. The van der Waals surface area contributed by atoms with E-state index in [-0.39, 0.29) is 5.78 Å². The van der Waals surface area contributed by atoms with Crippen molar-refractivity contribution in [2.24, 2.45) is 24.6 Å². The van der Waals surface area contributed by atoms with Crippen LogP contribution in [0.3, 0.4) is 0 Å². The van der Waals surface area contributed by atoms with E-state index in [0.717, 1.165) is 48.3 Å². The van der Waals surface area contributed by atoms with E-state index in [1.54, 1.807) is 6.92 Å². The molecular weight excluding hydrogens is 388 g/mol. The van der Waals surface area contributed by atoms with E-state index in [0.29, 0.717) is 17.4 Å². The number of carbonyl (C=O) groups excluding carboxylic acids is 1. The highest BCUT2D eigenvalue weighted by Crippen LogP contribution is 2.28. The summed E-state index contributed by atoms with van der Waals surface area (Å²) in [5.74, 6) is 3.18. The largest absolute Gasteiger partial charge is 0.356 e. The maximum atomic E-state index is 11.4. The summed E-state index contributed by atoms with van der Waals surface area (Å²) >= 11 is 0. The minimum absolute atomic E-state index is 0.0624. The van der Waals surface area contributed by atoms with Crippen LogP contribution < -0.4 is 16.0 Å². The van der Waals surface area contributed by atoms with Gasteiger partial charge in [-0.05, 0) is 68.1 Å². The number of aryl methyl sites for hydroxylation is 1. The summed E-state index contributed by atoms with van der Waals surface area (Å²) in [5.41, 5.74) is 8.17. The number of anilines is 3. The van der Waals surface area contributed by atoms with Crippen molar-refractivity contribution in [2.45, 2.75) is 34.1 Å². The third kappa shape index (κ3) is 5.41. The number of hydrogen-bond acceptors (Lipinski definition) is 6. The lowest BCUT2D eigenvalue weighted by molar-refractivity contribution is 0.101. The number of fused-ring (bicyclic) bond motifs is 1. The van der Waals surface area contributed by atoms with Crippen LogP contribution in [-0.4, -0.2) is 40.0 Å². The second-order valence-corrected chi connectivity index (χ2v) is 8.52. The van der Waals surface area contributed by atoms with Gasteiger partial charge in [-0.2, -0.15) is 0 Å². The van der Waals surface area contributed by atoms with E-state index >= 15 is 0 Å². The number of nitrogens with zero attached hydrogens (tertiary/aromatic N) is 4. The Morgan fingerprint density at radius 1 is 1.10 bits per heavy atom. The van der Waals surface area contributed by atoms with Crippen molar-refractivity contribution in [1.82, 2.24) is 14.5 Å². The molecule has 0 aliphatic carbocycles. The van der Waals surface area contributed by atoms with E-state index in [9.17, 15) is 4.79 Å². The maximum absolute atomic E-state index is 11.4. The predicted octanol–water partition coefficient (Wildman–Crippen LogP) is 4.36. The van der Waals surface area contributed by atoms with Gasteiger partial charge in [-0.1, -0.05) is 20.8 Å². The number of benzene rings is 1. The van der Waals surface area contributed by atoms with E-state index < -0.39 is 0 Å². The van der Waals surface area contributed by atoms with Crippen LogP contribution in [0.4, 0.5) is 17.5 Å². The van der Waals surface area contributed by atoms with Crippen molar-refractivity contribution in [2.75, 3.05) is 29.9 Å². The summed E-state index contributed by atoms with van der Waals surface area (Å²) in [6.07, 6.45) is 1.28. The van der Waals surface area contributed by atoms with E-state index in [1.807, 2.05) is 48.9 Å².